The Morgan fingerprint density at radius 1 is 1.04 bits per heavy atom. The number of rotatable bonds is 10. The average molecular weight is 757 g/mol. The van der Waals surface area contributed by atoms with Gasteiger partial charge < -0.3 is 33.9 Å². The minimum absolute atomic E-state index is 0.0125. The number of carbonyl (C=O) groups excluding carboxylic acids is 1. The van der Waals surface area contributed by atoms with Crippen LogP contribution in [-0.2, 0) is 9.47 Å². The molecular formula is C43H50F2N4O6. The second kappa shape index (κ2) is 15.1. The molecule has 1 unspecified atom stereocenters. The molecule has 7 rings (SSSR count). The number of terminal acetylenes is 1. The molecule has 0 bridgehead atoms. The average Bonchev–Trinajstić information content (AvgIpc) is 3.91. The quantitative estimate of drug-likeness (QED) is 0.127. The van der Waals surface area contributed by atoms with E-state index >= 15 is 8.78 Å². The van der Waals surface area contributed by atoms with Crippen LogP contribution in [0.3, 0.4) is 0 Å². The van der Waals surface area contributed by atoms with E-state index in [1.54, 1.807) is 42.2 Å². The second-order valence-electron chi connectivity index (χ2n) is 16.8. The third-order valence-electron chi connectivity index (χ3n) is 11.0. The smallest absolute Gasteiger partial charge is 0.410 e. The Hall–Kier alpha value is -4.73. The summed E-state index contributed by atoms with van der Waals surface area (Å²) in [4.78, 5) is 25.9. The molecule has 3 fully saturated rings. The van der Waals surface area contributed by atoms with Crippen LogP contribution >= 0.6 is 0 Å². The van der Waals surface area contributed by atoms with Gasteiger partial charge in [-0.25, -0.2) is 13.6 Å². The number of nitrogens with zero attached hydrogens (tertiary/aromatic N) is 4. The Bertz CT molecular complexity index is 2130. The highest BCUT2D eigenvalue weighted by atomic mass is 19.1. The molecular weight excluding hydrogens is 706 g/mol. The summed E-state index contributed by atoms with van der Waals surface area (Å²) in [6.07, 6.45) is 11.6. The molecule has 0 spiro atoms. The maximum Gasteiger partial charge on any atom is 0.410 e. The molecule has 3 aromatic carbocycles. The molecule has 1 amide bonds. The van der Waals surface area contributed by atoms with E-state index in [2.05, 4.69) is 10.9 Å². The number of aromatic nitrogens is 2. The fourth-order valence-corrected chi connectivity index (χ4v) is 8.08. The van der Waals surface area contributed by atoms with Crippen molar-refractivity contribution in [1.82, 2.24) is 14.9 Å². The first-order chi connectivity index (χ1) is 26.2. The molecule has 2 aliphatic heterocycles. The lowest BCUT2D eigenvalue weighted by molar-refractivity contribution is 0.0169. The van der Waals surface area contributed by atoms with Crippen LogP contribution in [0, 0.1) is 35.3 Å². The molecule has 292 valence electrons. The maximum absolute atomic E-state index is 17.2. The molecule has 10 nitrogen and oxygen atoms in total. The number of carbonyl (C=O) groups is 1. The molecule has 3 aliphatic rings. The van der Waals surface area contributed by atoms with Gasteiger partial charge in [-0.1, -0.05) is 18.1 Å². The van der Waals surface area contributed by atoms with Crippen molar-refractivity contribution in [3.05, 3.63) is 53.6 Å². The Balaban J connectivity index is 1.21. The number of anilines is 1. The molecule has 0 radical (unpaired) electrons. The molecule has 1 aromatic heterocycles. The molecule has 4 aromatic rings. The largest absolute Gasteiger partial charge is 0.468 e. The maximum atomic E-state index is 17.2. The number of amides is 1. The minimum atomic E-state index is -0.955. The second-order valence-corrected chi connectivity index (χ2v) is 16.8. The number of hydrogen-bond acceptors (Lipinski definition) is 9. The van der Waals surface area contributed by atoms with Crippen LogP contribution in [0.1, 0.15) is 78.2 Å². The van der Waals surface area contributed by atoms with Crippen molar-refractivity contribution in [3.63, 3.8) is 0 Å². The lowest BCUT2D eigenvalue weighted by Gasteiger charge is -2.38. The summed E-state index contributed by atoms with van der Waals surface area (Å²) in [5.41, 5.74) is -0.995. The summed E-state index contributed by atoms with van der Waals surface area (Å²) in [6, 6.07) is 9.64. The predicted molar refractivity (Wildman–Crippen MR) is 207 cm³/mol. The van der Waals surface area contributed by atoms with Crippen LogP contribution in [0.4, 0.5) is 19.4 Å². The summed E-state index contributed by atoms with van der Waals surface area (Å²) in [6.45, 7) is 9.97. The SMILES string of the molecule is C#Cc1c(F)ccc2cc(OCOC)cc(-c3ccc4c(N5CCCC(C)(O)C5)nc(OCC5(CC6CCN(C(=O)OC(C)(C)C)CC6)CC5)nc4c3F)c12. The summed E-state index contributed by atoms with van der Waals surface area (Å²) >= 11 is 0. The van der Waals surface area contributed by atoms with E-state index in [1.165, 1.54) is 13.2 Å². The first-order valence-corrected chi connectivity index (χ1v) is 19.1. The van der Waals surface area contributed by atoms with Crippen molar-refractivity contribution in [3.8, 4) is 35.2 Å². The molecule has 2 saturated heterocycles. The van der Waals surface area contributed by atoms with Gasteiger partial charge in [0.15, 0.2) is 12.6 Å². The van der Waals surface area contributed by atoms with Gasteiger partial charge in [-0.05, 0) is 114 Å². The Labute approximate surface area is 321 Å². The number of piperidine rings is 2. The number of fused-ring (bicyclic) bond motifs is 2. The number of likely N-dealkylation sites (tertiary alicyclic amines) is 1. The molecule has 1 saturated carbocycles. The number of halogens is 2. The first-order valence-electron chi connectivity index (χ1n) is 19.1. The fourth-order valence-electron chi connectivity index (χ4n) is 8.08. The van der Waals surface area contributed by atoms with Gasteiger partial charge in [0, 0.05) is 55.0 Å². The van der Waals surface area contributed by atoms with Gasteiger partial charge in [-0.15, -0.1) is 6.42 Å². The number of aliphatic hydroxyl groups is 1. The Morgan fingerprint density at radius 2 is 1.80 bits per heavy atom. The molecule has 55 heavy (non-hydrogen) atoms. The summed E-state index contributed by atoms with van der Waals surface area (Å²) < 4.78 is 55.2. The van der Waals surface area contributed by atoms with Crippen LogP contribution < -0.4 is 14.4 Å². The fraction of sp³-hybridized carbons (Fsp3) is 0.512. The van der Waals surface area contributed by atoms with E-state index in [-0.39, 0.29) is 41.0 Å². The van der Waals surface area contributed by atoms with E-state index < -0.39 is 22.8 Å². The number of hydrogen-bond donors (Lipinski definition) is 1. The molecule has 1 atom stereocenters. The van der Waals surface area contributed by atoms with Gasteiger partial charge >= 0.3 is 12.1 Å². The summed E-state index contributed by atoms with van der Waals surface area (Å²) in [7, 11) is 1.50. The van der Waals surface area contributed by atoms with Crippen molar-refractivity contribution in [2.24, 2.45) is 11.3 Å². The number of β-amino-alcohol motifs (C(OH)–C–C–N with tert-alkyl or cyclic N) is 1. The molecule has 12 heteroatoms. The zero-order valence-corrected chi connectivity index (χ0v) is 32.3. The van der Waals surface area contributed by atoms with E-state index in [1.807, 2.05) is 25.7 Å². The van der Waals surface area contributed by atoms with Crippen LogP contribution in [-0.4, -0.2) is 84.0 Å². The van der Waals surface area contributed by atoms with Gasteiger partial charge in [0.05, 0.1) is 17.8 Å². The van der Waals surface area contributed by atoms with E-state index in [4.69, 9.17) is 30.4 Å². The van der Waals surface area contributed by atoms with Gasteiger partial charge in [0.25, 0.3) is 0 Å². The van der Waals surface area contributed by atoms with Gasteiger partial charge in [-0.3, -0.25) is 0 Å². The third kappa shape index (κ3) is 8.43. The van der Waals surface area contributed by atoms with Gasteiger partial charge in [0.2, 0.25) is 0 Å². The molecule has 1 aliphatic carbocycles. The van der Waals surface area contributed by atoms with Crippen molar-refractivity contribution in [2.75, 3.05) is 51.6 Å². The zero-order chi connectivity index (χ0) is 39.1. The van der Waals surface area contributed by atoms with Crippen molar-refractivity contribution >= 4 is 33.6 Å². The minimum Gasteiger partial charge on any atom is -0.468 e. The zero-order valence-electron chi connectivity index (χ0n) is 32.3. The van der Waals surface area contributed by atoms with Crippen LogP contribution in [0.2, 0.25) is 0 Å². The third-order valence-corrected chi connectivity index (χ3v) is 11.0. The number of methoxy groups -OCH3 is 1. The number of benzene rings is 3. The van der Waals surface area contributed by atoms with Crippen LogP contribution in [0.5, 0.6) is 11.8 Å². The highest BCUT2D eigenvalue weighted by molar-refractivity contribution is 6.04. The monoisotopic (exact) mass is 756 g/mol. The number of ether oxygens (including phenoxy) is 4. The van der Waals surface area contributed by atoms with Crippen molar-refractivity contribution in [1.29, 1.82) is 0 Å². The lowest BCUT2D eigenvalue weighted by atomic mass is 9.86. The lowest BCUT2D eigenvalue weighted by Crippen LogP contribution is -2.46. The highest BCUT2D eigenvalue weighted by Crippen LogP contribution is 2.52. The Kier molecular flexibility index (Phi) is 10.6. The van der Waals surface area contributed by atoms with Crippen molar-refractivity contribution < 1.29 is 37.6 Å². The highest BCUT2D eigenvalue weighted by Gasteiger charge is 2.46. The standard InChI is InChI=1S/C43H50F2N4O6/c1-7-30-34(44)12-9-28-21-29(54-26-52-6)22-33(35(28)30)31-10-11-32-37(36(31)45)46-39(47-38(32)49-18-8-15-42(5,51)24-49)53-25-43(16-17-43)23-27-13-19-48(20-14-27)40(50)55-41(2,3)4/h1,9-12,21-22,27,51H,8,13-20,23-26H2,2-6H3. The molecule has 1 N–H and O–H groups in total. The van der Waals surface area contributed by atoms with Gasteiger partial charge in [-0.2, -0.15) is 9.97 Å². The molecule has 3 heterocycles. The van der Waals surface area contributed by atoms with E-state index in [0.717, 1.165) is 38.5 Å². The predicted octanol–water partition coefficient (Wildman–Crippen LogP) is 8.24. The van der Waals surface area contributed by atoms with Gasteiger partial charge in [0.1, 0.15) is 28.5 Å². The van der Waals surface area contributed by atoms with E-state index in [9.17, 15) is 9.90 Å². The van der Waals surface area contributed by atoms with Crippen LogP contribution in [0.15, 0.2) is 36.4 Å². The first kappa shape index (κ1) is 38.5. The normalized spacial score (nSPS) is 20.1. The Morgan fingerprint density at radius 3 is 2.47 bits per heavy atom. The van der Waals surface area contributed by atoms with Crippen LogP contribution in [0.25, 0.3) is 32.8 Å². The van der Waals surface area contributed by atoms with Crippen molar-refractivity contribution in [2.45, 2.75) is 83.8 Å². The summed E-state index contributed by atoms with van der Waals surface area (Å²) in [5, 5.41) is 12.4. The summed E-state index contributed by atoms with van der Waals surface area (Å²) in [5.74, 6) is 2.52. The topological polar surface area (TPSA) is 106 Å². The van der Waals surface area contributed by atoms with E-state index in [0.29, 0.717) is 78.4 Å².